The van der Waals surface area contributed by atoms with Crippen LogP contribution in [0.5, 0.6) is 17.2 Å². The molecular weight excluding hydrogens is 266 g/mol. The SMILES string of the molecule is CC(C)Oc1ccc(NCc2ccc3c(c2)OCO3)cc1. The lowest BCUT2D eigenvalue weighted by atomic mass is 10.2. The minimum absolute atomic E-state index is 0.192. The molecule has 0 unspecified atom stereocenters. The summed E-state index contributed by atoms with van der Waals surface area (Å²) in [7, 11) is 0. The Balaban J connectivity index is 1.59. The van der Waals surface area contributed by atoms with E-state index in [1.54, 1.807) is 0 Å². The van der Waals surface area contributed by atoms with Gasteiger partial charge in [-0.05, 0) is 55.8 Å². The summed E-state index contributed by atoms with van der Waals surface area (Å²) in [5.41, 5.74) is 2.21. The fraction of sp³-hybridized carbons (Fsp3) is 0.294. The number of benzene rings is 2. The van der Waals surface area contributed by atoms with Gasteiger partial charge in [-0.25, -0.2) is 0 Å². The summed E-state index contributed by atoms with van der Waals surface area (Å²) >= 11 is 0. The normalized spacial score (nSPS) is 12.5. The van der Waals surface area contributed by atoms with Crippen molar-refractivity contribution in [2.24, 2.45) is 0 Å². The third kappa shape index (κ3) is 3.40. The lowest BCUT2D eigenvalue weighted by Crippen LogP contribution is -2.05. The first-order chi connectivity index (χ1) is 10.2. The molecule has 110 valence electrons. The second-order valence-corrected chi connectivity index (χ2v) is 5.23. The summed E-state index contributed by atoms with van der Waals surface area (Å²) in [6.07, 6.45) is 0.192. The summed E-state index contributed by atoms with van der Waals surface area (Å²) < 4.78 is 16.3. The maximum Gasteiger partial charge on any atom is 0.231 e. The van der Waals surface area contributed by atoms with Crippen molar-refractivity contribution >= 4 is 5.69 Å². The average Bonchev–Trinajstić information content (AvgIpc) is 2.93. The zero-order valence-corrected chi connectivity index (χ0v) is 12.3. The molecule has 1 aliphatic rings. The molecule has 1 N–H and O–H groups in total. The first-order valence-corrected chi connectivity index (χ1v) is 7.10. The van der Waals surface area contributed by atoms with Crippen LogP contribution >= 0.6 is 0 Å². The second kappa shape index (κ2) is 5.95. The van der Waals surface area contributed by atoms with Crippen LogP contribution in [0, 0.1) is 0 Å². The van der Waals surface area contributed by atoms with Crippen molar-refractivity contribution in [2.45, 2.75) is 26.5 Å². The summed E-state index contributed by atoms with van der Waals surface area (Å²) in [5.74, 6) is 2.52. The number of ether oxygens (including phenoxy) is 3. The molecule has 1 heterocycles. The molecule has 0 atom stereocenters. The molecule has 0 saturated carbocycles. The molecule has 2 aromatic carbocycles. The molecule has 1 aliphatic heterocycles. The molecule has 0 bridgehead atoms. The van der Waals surface area contributed by atoms with Gasteiger partial charge in [-0.1, -0.05) is 6.07 Å². The summed E-state index contributed by atoms with van der Waals surface area (Å²) in [4.78, 5) is 0. The van der Waals surface area contributed by atoms with Crippen LogP contribution in [0.1, 0.15) is 19.4 Å². The van der Waals surface area contributed by atoms with E-state index in [9.17, 15) is 0 Å². The highest BCUT2D eigenvalue weighted by Crippen LogP contribution is 2.32. The molecule has 4 nitrogen and oxygen atoms in total. The molecule has 0 aromatic heterocycles. The van der Waals surface area contributed by atoms with Gasteiger partial charge < -0.3 is 19.5 Å². The number of nitrogens with one attached hydrogen (secondary N) is 1. The van der Waals surface area contributed by atoms with E-state index in [4.69, 9.17) is 14.2 Å². The van der Waals surface area contributed by atoms with Gasteiger partial charge in [0, 0.05) is 12.2 Å². The highest BCUT2D eigenvalue weighted by molar-refractivity contribution is 5.49. The molecule has 0 spiro atoms. The van der Waals surface area contributed by atoms with E-state index in [1.165, 1.54) is 0 Å². The van der Waals surface area contributed by atoms with Crippen molar-refractivity contribution in [3.63, 3.8) is 0 Å². The van der Waals surface area contributed by atoms with Gasteiger partial charge in [-0.15, -0.1) is 0 Å². The van der Waals surface area contributed by atoms with Crippen molar-refractivity contribution < 1.29 is 14.2 Å². The number of hydrogen-bond donors (Lipinski definition) is 1. The maximum atomic E-state index is 5.62. The molecule has 4 heteroatoms. The predicted molar refractivity (Wildman–Crippen MR) is 82.1 cm³/mol. The number of rotatable bonds is 5. The number of hydrogen-bond acceptors (Lipinski definition) is 4. The Morgan fingerprint density at radius 3 is 2.57 bits per heavy atom. The molecule has 3 rings (SSSR count). The highest BCUT2D eigenvalue weighted by Gasteiger charge is 2.12. The van der Waals surface area contributed by atoms with Crippen LogP contribution in [-0.4, -0.2) is 12.9 Å². The molecule has 2 aromatic rings. The Hall–Kier alpha value is -2.36. The second-order valence-electron chi connectivity index (χ2n) is 5.23. The minimum atomic E-state index is 0.192. The zero-order chi connectivity index (χ0) is 14.7. The Bertz CT molecular complexity index is 608. The number of anilines is 1. The average molecular weight is 285 g/mol. The van der Waals surface area contributed by atoms with E-state index >= 15 is 0 Å². The molecule has 0 amide bonds. The first kappa shape index (κ1) is 13.6. The molecule has 0 fully saturated rings. The Kier molecular flexibility index (Phi) is 3.86. The molecule has 0 saturated heterocycles. The van der Waals surface area contributed by atoms with E-state index in [-0.39, 0.29) is 6.10 Å². The van der Waals surface area contributed by atoms with Crippen molar-refractivity contribution in [3.8, 4) is 17.2 Å². The zero-order valence-electron chi connectivity index (χ0n) is 12.3. The third-order valence-corrected chi connectivity index (χ3v) is 3.16. The van der Waals surface area contributed by atoms with Gasteiger partial charge in [0.25, 0.3) is 0 Å². The summed E-state index contributed by atoms with van der Waals surface area (Å²) in [6.45, 7) is 5.09. The van der Waals surface area contributed by atoms with Gasteiger partial charge in [-0.3, -0.25) is 0 Å². The quantitative estimate of drug-likeness (QED) is 0.906. The van der Waals surface area contributed by atoms with Gasteiger partial charge >= 0.3 is 0 Å². The van der Waals surface area contributed by atoms with E-state index in [0.29, 0.717) is 6.79 Å². The standard InChI is InChI=1S/C17H19NO3/c1-12(2)21-15-6-4-14(5-7-15)18-10-13-3-8-16-17(9-13)20-11-19-16/h3-9,12,18H,10-11H2,1-2H3. The Morgan fingerprint density at radius 2 is 1.81 bits per heavy atom. The van der Waals surface area contributed by atoms with E-state index in [0.717, 1.165) is 35.0 Å². The van der Waals surface area contributed by atoms with Crippen molar-refractivity contribution in [3.05, 3.63) is 48.0 Å². The Morgan fingerprint density at radius 1 is 1.05 bits per heavy atom. The predicted octanol–water partition coefficient (Wildman–Crippen LogP) is 3.81. The van der Waals surface area contributed by atoms with Crippen LogP contribution in [0.25, 0.3) is 0 Å². The van der Waals surface area contributed by atoms with Gasteiger partial charge in [-0.2, -0.15) is 0 Å². The largest absolute Gasteiger partial charge is 0.491 e. The molecule has 21 heavy (non-hydrogen) atoms. The maximum absolute atomic E-state index is 5.62. The Labute approximate surface area is 124 Å². The van der Waals surface area contributed by atoms with Gasteiger partial charge in [0.1, 0.15) is 5.75 Å². The van der Waals surface area contributed by atoms with Crippen LogP contribution in [0.4, 0.5) is 5.69 Å². The van der Waals surface area contributed by atoms with Crippen molar-refractivity contribution in [2.75, 3.05) is 12.1 Å². The van der Waals surface area contributed by atoms with Crippen molar-refractivity contribution in [1.29, 1.82) is 0 Å². The fourth-order valence-electron chi connectivity index (χ4n) is 2.18. The van der Waals surface area contributed by atoms with E-state index in [1.807, 2.05) is 56.3 Å². The van der Waals surface area contributed by atoms with Crippen molar-refractivity contribution in [1.82, 2.24) is 0 Å². The molecule has 0 radical (unpaired) electrons. The lowest BCUT2D eigenvalue weighted by molar-refractivity contribution is 0.174. The van der Waals surface area contributed by atoms with Gasteiger partial charge in [0.05, 0.1) is 6.10 Å². The lowest BCUT2D eigenvalue weighted by Gasteiger charge is -2.11. The van der Waals surface area contributed by atoms with Crippen LogP contribution in [0.2, 0.25) is 0 Å². The topological polar surface area (TPSA) is 39.7 Å². The monoisotopic (exact) mass is 285 g/mol. The third-order valence-electron chi connectivity index (χ3n) is 3.16. The first-order valence-electron chi connectivity index (χ1n) is 7.10. The van der Waals surface area contributed by atoms with Crippen LogP contribution in [-0.2, 0) is 6.54 Å². The highest BCUT2D eigenvalue weighted by atomic mass is 16.7. The fourth-order valence-corrected chi connectivity index (χ4v) is 2.18. The summed E-state index contributed by atoms with van der Waals surface area (Å²) in [5, 5.41) is 3.38. The van der Waals surface area contributed by atoms with Crippen LogP contribution in [0.15, 0.2) is 42.5 Å². The molecular formula is C17H19NO3. The minimum Gasteiger partial charge on any atom is -0.491 e. The molecule has 0 aliphatic carbocycles. The van der Waals surface area contributed by atoms with Crippen LogP contribution < -0.4 is 19.5 Å². The van der Waals surface area contributed by atoms with Gasteiger partial charge in [0.2, 0.25) is 6.79 Å². The summed E-state index contributed by atoms with van der Waals surface area (Å²) in [6, 6.07) is 14.0. The van der Waals surface area contributed by atoms with E-state index < -0.39 is 0 Å². The number of fused-ring (bicyclic) bond motifs is 1. The van der Waals surface area contributed by atoms with Gasteiger partial charge in [0.15, 0.2) is 11.5 Å². The smallest absolute Gasteiger partial charge is 0.231 e. The van der Waals surface area contributed by atoms with E-state index in [2.05, 4.69) is 5.32 Å². The van der Waals surface area contributed by atoms with Crippen LogP contribution in [0.3, 0.4) is 0 Å².